The number of rotatable bonds is 6. The molecule has 15 heavy (non-hydrogen) atoms. The molecule has 0 spiro atoms. The Hall–Kier alpha value is -0.500. The number of hydrogen-bond acceptors (Lipinski definition) is 2. The van der Waals surface area contributed by atoms with Crippen LogP contribution in [0.25, 0.3) is 0 Å². The summed E-state index contributed by atoms with van der Waals surface area (Å²) in [5.41, 5.74) is 1.46. The van der Waals surface area contributed by atoms with E-state index in [0.717, 1.165) is 13.2 Å². The van der Waals surface area contributed by atoms with E-state index in [1.165, 1.54) is 31.3 Å². The molecule has 0 saturated heterocycles. The molecule has 0 aromatic carbocycles. The molecule has 1 aliphatic heterocycles. The Morgan fingerprint density at radius 2 is 2.27 bits per heavy atom. The van der Waals surface area contributed by atoms with Crippen molar-refractivity contribution in [2.75, 3.05) is 13.2 Å². The van der Waals surface area contributed by atoms with E-state index < -0.39 is 0 Å². The average Bonchev–Trinajstić information content (AvgIpc) is 2.27. The van der Waals surface area contributed by atoms with Crippen LogP contribution < -0.4 is 5.32 Å². The Balaban J connectivity index is 2.58. The number of ether oxygens (including phenoxy) is 1. The summed E-state index contributed by atoms with van der Waals surface area (Å²) >= 11 is 0. The van der Waals surface area contributed by atoms with Gasteiger partial charge in [-0.3, -0.25) is 0 Å². The summed E-state index contributed by atoms with van der Waals surface area (Å²) < 4.78 is 5.44. The lowest BCUT2D eigenvalue weighted by Gasteiger charge is -2.29. The van der Waals surface area contributed by atoms with Gasteiger partial charge >= 0.3 is 0 Å². The Bertz CT molecular complexity index is 201. The SMILES string of the molecule is CCCC(C)C(NCC)C1=COCCC1. The van der Waals surface area contributed by atoms with E-state index in [2.05, 4.69) is 26.1 Å². The Labute approximate surface area is 94.1 Å². The van der Waals surface area contributed by atoms with Gasteiger partial charge in [-0.2, -0.15) is 0 Å². The third kappa shape index (κ3) is 3.86. The molecule has 0 bridgehead atoms. The minimum Gasteiger partial charge on any atom is -0.501 e. The monoisotopic (exact) mass is 211 g/mol. The maximum atomic E-state index is 5.44. The molecule has 88 valence electrons. The lowest BCUT2D eigenvalue weighted by atomic mass is 9.88. The summed E-state index contributed by atoms with van der Waals surface area (Å²) in [4.78, 5) is 0. The molecule has 2 atom stereocenters. The first-order valence-electron chi connectivity index (χ1n) is 6.33. The molecule has 1 aliphatic rings. The average molecular weight is 211 g/mol. The highest BCUT2D eigenvalue weighted by molar-refractivity contribution is 5.11. The van der Waals surface area contributed by atoms with Gasteiger partial charge in [-0.25, -0.2) is 0 Å². The quantitative estimate of drug-likeness (QED) is 0.729. The van der Waals surface area contributed by atoms with Crippen LogP contribution in [0.2, 0.25) is 0 Å². The third-order valence-corrected chi connectivity index (χ3v) is 3.10. The van der Waals surface area contributed by atoms with Crippen molar-refractivity contribution in [2.45, 2.75) is 52.5 Å². The van der Waals surface area contributed by atoms with Gasteiger partial charge in [0.15, 0.2) is 0 Å². The molecule has 2 heteroatoms. The molecule has 0 amide bonds. The third-order valence-electron chi connectivity index (χ3n) is 3.10. The molecule has 1 rings (SSSR count). The molecule has 1 N–H and O–H groups in total. The molecule has 0 aliphatic carbocycles. The molecular weight excluding hydrogens is 186 g/mol. The van der Waals surface area contributed by atoms with Crippen molar-refractivity contribution in [3.63, 3.8) is 0 Å². The van der Waals surface area contributed by atoms with Crippen LogP contribution >= 0.6 is 0 Å². The molecule has 0 aromatic rings. The zero-order valence-corrected chi connectivity index (χ0v) is 10.4. The van der Waals surface area contributed by atoms with Crippen LogP contribution in [0.15, 0.2) is 11.8 Å². The van der Waals surface area contributed by atoms with Crippen molar-refractivity contribution in [3.8, 4) is 0 Å². The molecular formula is C13H25NO. The van der Waals surface area contributed by atoms with Gasteiger partial charge in [-0.15, -0.1) is 0 Å². The second kappa shape index (κ2) is 6.89. The summed E-state index contributed by atoms with van der Waals surface area (Å²) in [6.45, 7) is 8.70. The molecule has 0 saturated carbocycles. The van der Waals surface area contributed by atoms with Crippen molar-refractivity contribution in [1.29, 1.82) is 0 Å². The maximum absolute atomic E-state index is 5.44. The van der Waals surface area contributed by atoms with Crippen molar-refractivity contribution in [1.82, 2.24) is 5.32 Å². The van der Waals surface area contributed by atoms with Gasteiger partial charge in [-0.1, -0.05) is 27.2 Å². The summed E-state index contributed by atoms with van der Waals surface area (Å²) in [5, 5.41) is 3.59. The van der Waals surface area contributed by atoms with Crippen molar-refractivity contribution in [3.05, 3.63) is 11.8 Å². The van der Waals surface area contributed by atoms with Crippen LogP contribution in [-0.4, -0.2) is 19.2 Å². The van der Waals surface area contributed by atoms with Crippen LogP contribution in [0.3, 0.4) is 0 Å². The highest BCUT2D eigenvalue weighted by Gasteiger charge is 2.21. The highest BCUT2D eigenvalue weighted by Crippen LogP contribution is 2.23. The first-order valence-corrected chi connectivity index (χ1v) is 6.33. The summed E-state index contributed by atoms with van der Waals surface area (Å²) in [6, 6.07) is 0.523. The minimum absolute atomic E-state index is 0.523. The number of hydrogen-bond donors (Lipinski definition) is 1. The fourth-order valence-electron chi connectivity index (χ4n) is 2.35. The van der Waals surface area contributed by atoms with E-state index in [9.17, 15) is 0 Å². The molecule has 0 fully saturated rings. The molecule has 1 heterocycles. The zero-order valence-electron chi connectivity index (χ0n) is 10.4. The Morgan fingerprint density at radius 1 is 1.47 bits per heavy atom. The van der Waals surface area contributed by atoms with Crippen LogP contribution in [0.5, 0.6) is 0 Å². The number of likely N-dealkylation sites (N-methyl/N-ethyl adjacent to an activating group) is 1. The normalized spacial score (nSPS) is 20.3. The van der Waals surface area contributed by atoms with E-state index in [0.29, 0.717) is 12.0 Å². The van der Waals surface area contributed by atoms with Crippen LogP contribution in [0.1, 0.15) is 46.5 Å². The largest absolute Gasteiger partial charge is 0.501 e. The van der Waals surface area contributed by atoms with Crippen LogP contribution in [0, 0.1) is 5.92 Å². The molecule has 2 nitrogen and oxygen atoms in total. The second-order valence-corrected chi connectivity index (χ2v) is 4.47. The first kappa shape index (κ1) is 12.6. The van der Waals surface area contributed by atoms with E-state index in [4.69, 9.17) is 4.74 Å². The van der Waals surface area contributed by atoms with Gasteiger partial charge in [-0.05, 0) is 37.3 Å². The highest BCUT2D eigenvalue weighted by atomic mass is 16.5. The van der Waals surface area contributed by atoms with Crippen LogP contribution in [0.4, 0.5) is 0 Å². The lowest BCUT2D eigenvalue weighted by Crippen LogP contribution is -2.37. The van der Waals surface area contributed by atoms with E-state index in [1.54, 1.807) is 0 Å². The maximum Gasteiger partial charge on any atom is 0.0876 e. The van der Waals surface area contributed by atoms with Gasteiger partial charge in [0.2, 0.25) is 0 Å². The minimum atomic E-state index is 0.523. The topological polar surface area (TPSA) is 21.3 Å². The van der Waals surface area contributed by atoms with E-state index in [1.807, 2.05) is 6.26 Å². The molecule has 2 unspecified atom stereocenters. The standard InChI is InChI=1S/C13H25NO/c1-4-7-11(3)13(14-5-2)12-8-6-9-15-10-12/h10-11,13-14H,4-9H2,1-3H3. The predicted octanol–water partition coefficient (Wildman–Crippen LogP) is 3.10. The fourth-order valence-corrected chi connectivity index (χ4v) is 2.35. The summed E-state index contributed by atoms with van der Waals surface area (Å²) in [6.07, 6.45) is 6.91. The Kier molecular flexibility index (Phi) is 5.77. The Morgan fingerprint density at radius 3 is 2.80 bits per heavy atom. The lowest BCUT2D eigenvalue weighted by molar-refractivity contribution is 0.214. The zero-order chi connectivity index (χ0) is 11.1. The molecule has 0 aromatic heterocycles. The van der Waals surface area contributed by atoms with E-state index >= 15 is 0 Å². The van der Waals surface area contributed by atoms with Crippen molar-refractivity contribution in [2.24, 2.45) is 5.92 Å². The smallest absolute Gasteiger partial charge is 0.0876 e. The van der Waals surface area contributed by atoms with Gasteiger partial charge in [0.25, 0.3) is 0 Å². The van der Waals surface area contributed by atoms with Gasteiger partial charge in [0.05, 0.1) is 12.9 Å². The molecule has 0 radical (unpaired) electrons. The predicted molar refractivity (Wildman–Crippen MR) is 64.8 cm³/mol. The van der Waals surface area contributed by atoms with Crippen LogP contribution in [-0.2, 0) is 4.74 Å². The number of nitrogens with one attached hydrogen (secondary N) is 1. The summed E-state index contributed by atoms with van der Waals surface area (Å²) in [7, 11) is 0. The van der Waals surface area contributed by atoms with Gasteiger partial charge in [0.1, 0.15) is 0 Å². The van der Waals surface area contributed by atoms with E-state index in [-0.39, 0.29) is 0 Å². The summed E-state index contributed by atoms with van der Waals surface area (Å²) in [5.74, 6) is 0.711. The van der Waals surface area contributed by atoms with Gasteiger partial charge < -0.3 is 10.1 Å². The van der Waals surface area contributed by atoms with Gasteiger partial charge in [0, 0.05) is 6.04 Å². The second-order valence-electron chi connectivity index (χ2n) is 4.47. The van der Waals surface area contributed by atoms with Crippen molar-refractivity contribution < 1.29 is 4.74 Å². The van der Waals surface area contributed by atoms with Crippen molar-refractivity contribution >= 4 is 0 Å². The fraction of sp³-hybridized carbons (Fsp3) is 0.846. The first-order chi connectivity index (χ1) is 7.29.